The first-order valence-electron chi connectivity index (χ1n) is 8.67. The van der Waals surface area contributed by atoms with Gasteiger partial charge in [-0.05, 0) is 36.4 Å². The maximum atomic E-state index is 13.0. The molecule has 2 aromatic heterocycles. The third kappa shape index (κ3) is 4.11. The van der Waals surface area contributed by atoms with Crippen molar-refractivity contribution in [2.45, 2.75) is 30.7 Å². The number of aromatic nitrogens is 1. The zero-order valence-electron chi connectivity index (χ0n) is 14.3. The number of thioether (sulfide) groups is 1. The zero-order chi connectivity index (χ0) is 17.8. The highest BCUT2D eigenvalue weighted by molar-refractivity contribution is 7.99. The normalized spacial score (nSPS) is 15.4. The van der Waals surface area contributed by atoms with Gasteiger partial charge in [-0.25, -0.2) is 4.98 Å². The van der Waals surface area contributed by atoms with E-state index < -0.39 is 0 Å². The first kappa shape index (κ1) is 17.6. The smallest absolute Gasteiger partial charge is 0.257 e. The van der Waals surface area contributed by atoms with Gasteiger partial charge in [-0.2, -0.15) is 0 Å². The van der Waals surface area contributed by atoms with Crippen LogP contribution in [0.1, 0.15) is 17.7 Å². The molecule has 1 fully saturated rings. The molecule has 1 aromatic carbocycles. The van der Waals surface area contributed by atoms with E-state index in [0.29, 0.717) is 17.5 Å². The standard InChI is InChI=1S/C19H20N2O3S2/c22-18(13-26-19-20-16-5-1-2-6-17(16)24-19)21(12-15-4-3-11-25-15)14-7-9-23-10-8-14/h1-6,11,14H,7-10,12-13H2. The van der Waals surface area contributed by atoms with Crippen molar-refractivity contribution < 1.29 is 13.9 Å². The van der Waals surface area contributed by atoms with Crippen LogP contribution in [-0.4, -0.2) is 40.8 Å². The number of nitrogens with zero attached hydrogens (tertiary/aromatic N) is 2. The van der Waals surface area contributed by atoms with Crippen molar-refractivity contribution in [2.24, 2.45) is 0 Å². The fourth-order valence-corrected chi connectivity index (χ4v) is 4.53. The summed E-state index contributed by atoms with van der Waals surface area (Å²) >= 11 is 3.05. The number of rotatable bonds is 6. The number of benzene rings is 1. The van der Waals surface area contributed by atoms with Crippen molar-refractivity contribution in [3.8, 4) is 0 Å². The molecule has 1 aliphatic rings. The molecule has 0 saturated carbocycles. The first-order valence-corrected chi connectivity index (χ1v) is 10.5. The van der Waals surface area contributed by atoms with Gasteiger partial charge in [0.1, 0.15) is 5.52 Å². The van der Waals surface area contributed by atoms with E-state index in [-0.39, 0.29) is 11.9 Å². The molecular formula is C19H20N2O3S2. The van der Waals surface area contributed by atoms with E-state index in [0.717, 1.165) is 37.2 Å². The number of thiophene rings is 1. The number of carbonyl (C=O) groups is 1. The molecule has 0 aliphatic carbocycles. The minimum atomic E-state index is 0.123. The molecule has 4 rings (SSSR count). The summed E-state index contributed by atoms with van der Waals surface area (Å²) in [6, 6.07) is 12.0. The Bertz CT molecular complexity index is 824. The monoisotopic (exact) mass is 388 g/mol. The summed E-state index contributed by atoms with van der Waals surface area (Å²) in [5.74, 6) is 0.452. The molecule has 136 valence electrons. The van der Waals surface area contributed by atoms with Crippen LogP contribution in [0.5, 0.6) is 0 Å². The quantitative estimate of drug-likeness (QED) is 0.593. The minimum Gasteiger partial charge on any atom is -0.431 e. The fourth-order valence-electron chi connectivity index (χ4n) is 3.11. The second-order valence-electron chi connectivity index (χ2n) is 6.18. The highest BCUT2D eigenvalue weighted by Crippen LogP contribution is 2.25. The summed E-state index contributed by atoms with van der Waals surface area (Å²) in [6.07, 6.45) is 1.79. The van der Waals surface area contributed by atoms with E-state index >= 15 is 0 Å². The van der Waals surface area contributed by atoms with Gasteiger partial charge < -0.3 is 14.1 Å². The highest BCUT2D eigenvalue weighted by Gasteiger charge is 2.26. The molecule has 1 amide bonds. The zero-order valence-corrected chi connectivity index (χ0v) is 15.9. The van der Waals surface area contributed by atoms with Crippen molar-refractivity contribution in [1.82, 2.24) is 9.88 Å². The van der Waals surface area contributed by atoms with Gasteiger partial charge in [0.2, 0.25) is 5.91 Å². The molecule has 5 nitrogen and oxygen atoms in total. The Balaban J connectivity index is 1.44. The Kier molecular flexibility index (Phi) is 5.57. The molecule has 1 saturated heterocycles. The molecule has 0 bridgehead atoms. The summed E-state index contributed by atoms with van der Waals surface area (Å²) in [5.41, 5.74) is 1.57. The predicted molar refractivity (Wildman–Crippen MR) is 103 cm³/mol. The molecule has 3 aromatic rings. The summed E-state index contributed by atoms with van der Waals surface area (Å²) in [5, 5.41) is 2.59. The van der Waals surface area contributed by atoms with Crippen molar-refractivity contribution >= 4 is 40.1 Å². The van der Waals surface area contributed by atoms with Gasteiger partial charge in [-0.1, -0.05) is 30.0 Å². The summed E-state index contributed by atoms with van der Waals surface area (Å²) < 4.78 is 11.2. The molecule has 1 aliphatic heterocycles. The Morgan fingerprint density at radius 3 is 2.85 bits per heavy atom. The Morgan fingerprint density at radius 1 is 1.23 bits per heavy atom. The summed E-state index contributed by atoms with van der Waals surface area (Å²) in [4.78, 5) is 20.6. The number of ether oxygens (including phenoxy) is 1. The number of carbonyl (C=O) groups excluding carboxylic acids is 1. The molecule has 0 radical (unpaired) electrons. The van der Waals surface area contributed by atoms with E-state index in [2.05, 4.69) is 16.4 Å². The van der Waals surface area contributed by atoms with Crippen molar-refractivity contribution in [2.75, 3.05) is 19.0 Å². The Hall–Kier alpha value is -1.83. The SMILES string of the molecule is O=C(CSc1nc2ccccc2o1)N(Cc1cccs1)C1CCOCC1. The second kappa shape index (κ2) is 8.24. The molecule has 0 atom stereocenters. The average molecular weight is 389 g/mol. The van der Waals surface area contributed by atoms with Gasteiger partial charge in [0.25, 0.3) is 5.22 Å². The van der Waals surface area contributed by atoms with E-state index in [1.54, 1.807) is 11.3 Å². The van der Waals surface area contributed by atoms with Gasteiger partial charge in [-0.15, -0.1) is 11.3 Å². The van der Waals surface area contributed by atoms with Gasteiger partial charge in [0.15, 0.2) is 5.58 Å². The van der Waals surface area contributed by atoms with E-state index in [4.69, 9.17) is 9.15 Å². The van der Waals surface area contributed by atoms with Crippen LogP contribution < -0.4 is 0 Å². The molecule has 3 heterocycles. The molecule has 26 heavy (non-hydrogen) atoms. The van der Waals surface area contributed by atoms with Gasteiger partial charge >= 0.3 is 0 Å². The van der Waals surface area contributed by atoms with Crippen LogP contribution in [-0.2, 0) is 16.1 Å². The van der Waals surface area contributed by atoms with Crippen molar-refractivity contribution in [1.29, 1.82) is 0 Å². The van der Waals surface area contributed by atoms with Crippen LogP contribution in [0.15, 0.2) is 51.4 Å². The lowest BCUT2D eigenvalue weighted by Crippen LogP contribution is -2.43. The maximum Gasteiger partial charge on any atom is 0.257 e. The largest absolute Gasteiger partial charge is 0.431 e. The van der Waals surface area contributed by atoms with E-state index in [1.807, 2.05) is 35.2 Å². The van der Waals surface area contributed by atoms with Crippen LogP contribution in [0.2, 0.25) is 0 Å². The number of hydrogen-bond acceptors (Lipinski definition) is 6. The van der Waals surface area contributed by atoms with Crippen LogP contribution in [0, 0.1) is 0 Å². The third-order valence-electron chi connectivity index (χ3n) is 4.45. The van der Waals surface area contributed by atoms with Crippen LogP contribution in [0.25, 0.3) is 11.1 Å². The lowest BCUT2D eigenvalue weighted by molar-refractivity contribution is -0.133. The molecule has 0 N–H and O–H groups in total. The Labute approximate surface area is 160 Å². The lowest BCUT2D eigenvalue weighted by atomic mass is 10.1. The summed E-state index contributed by atoms with van der Waals surface area (Å²) in [6.45, 7) is 2.10. The van der Waals surface area contributed by atoms with Crippen LogP contribution in [0.4, 0.5) is 0 Å². The van der Waals surface area contributed by atoms with Crippen molar-refractivity contribution in [3.63, 3.8) is 0 Å². The number of hydrogen-bond donors (Lipinski definition) is 0. The molecule has 7 heteroatoms. The van der Waals surface area contributed by atoms with Crippen LogP contribution in [0.3, 0.4) is 0 Å². The maximum absolute atomic E-state index is 13.0. The number of oxazole rings is 1. The van der Waals surface area contributed by atoms with Gasteiger partial charge in [-0.3, -0.25) is 4.79 Å². The van der Waals surface area contributed by atoms with E-state index in [1.165, 1.54) is 16.6 Å². The van der Waals surface area contributed by atoms with E-state index in [9.17, 15) is 4.79 Å². The van der Waals surface area contributed by atoms with Crippen molar-refractivity contribution in [3.05, 3.63) is 46.7 Å². The topological polar surface area (TPSA) is 55.6 Å². The highest BCUT2D eigenvalue weighted by atomic mass is 32.2. The average Bonchev–Trinajstić information content (AvgIpc) is 3.34. The molecule has 0 unspecified atom stereocenters. The number of fused-ring (bicyclic) bond motifs is 1. The summed E-state index contributed by atoms with van der Waals surface area (Å²) in [7, 11) is 0. The lowest BCUT2D eigenvalue weighted by Gasteiger charge is -2.34. The molecule has 0 spiro atoms. The van der Waals surface area contributed by atoms with Crippen LogP contribution >= 0.6 is 23.1 Å². The molecular weight excluding hydrogens is 368 g/mol. The van der Waals surface area contributed by atoms with Gasteiger partial charge in [0, 0.05) is 24.1 Å². The fraction of sp³-hybridized carbons (Fsp3) is 0.368. The Morgan fingerprint density at radius 2 is 2.08 bits per heavy atom. The second-order valence-corrected chi connectivity index (χ2v) is 8.14. The first-order chi connectivity index (χ1) is 12.8. The number of amides is 1. The minimum absolute atomic E-state index is 0.123. The number of para-hydroxylation sites is 2. The predicted octanol–water partition coefficient (Wildman–Crippen LogP) is 4.19. The third-order valence-corrected chi connectivity index (χ3v) is 6.13. The van der Waals surface area contributed by atoms with Gasteiger partial charge in [0.05, 0.1) is 12.3 Å².